The third-order valence-corrected chi connectivity index (χ3v) is 4.26. The van der Waals surface area contributed by atoms with Crippen molar-refractivity contribution < 1.29 is 9.53 Å². The van der Waals surface area contributed by atoms with Crippen LogP contribution in [0.5, 0.6) is 5.75 Å². The van der Waals surface area contributed by atoms with Crippen molar-refractivity contribution in [3.05, 3.63) is 76.3 Å². The van der Waals surface area contributed by atoms with E-state index in [1.807, 2.05) is 42.5 Å². The molecule has 1 N–H and O–H groups in total. The van der Waals surface area contributed by atoms with Gasteiger partial charge in [0.1, 0.15) is 5.75 Å². The summed E-state index contributed by atoms with van der Waals surface area (Å²) in [4.78, 5) is 12.1. The standard InChI is InChI=1S/C20H16Cl2N2O2/c1-13(26-19-9-8-17(21)11-18(19)22)20(25)24-23-12-14-6-7-15-4-2-3-5-16(15)10-14/h2-13H,1H3,(H,24,25)/b23-12+. The molecule has 0 saturated carbocycles. The maximum atomic E-state index is 12.1. The molecule has 132 valence electrons. The Balaban J connectivity index is 1.60. The number of nitrogens with zero attached hydrogens (tertiary/aromatic N) is 1. The molecule has 1 unspecified atom stereocenters. The fourth-order valence-corrected chi connectivity index (χ4v) is 2.82. The molecule has 0 aromatic heterocycles. The normalized spacial score (nSPS) is 12.3. The second-order valence-corrected chi connectivity index (χ2v) is 6.52. The first-order valence-electron chi connectivity index (χ1n) is 7.96. The van der Waals surface area contributed by atoms with E-state index in [1.54, 1.807) is 31.3 Å². The van der Waals surface area contributed by atoms with Gasteiger partial charge < -0.3 is 4.74 Å². The Morgan fingerprint density at radius 2 is 1.85 bits per heavy atom. The van der Waals surface area contributed by atoms with Crippen LogP contribution in [0.1, 0.15) is 12.5 Å². The number of hydrogen-bond acceptors (Lipinski definition) is 3. The van der Waals surface area contributed by atoms with E-state index in [4.69, 9.17) is 27.9 Å². The average Bonchev–Trinajstić information content (AvgIpc) is 2.63. The zero-order chi connectivity index (χ0) is 18.5. The van der Waals surface area contributed by atoms with Crippen molar-refractivity contribution in [1.82, 2.24) is 5.43 Å². The maximum Gasteiger partial charge on any atom is 0.280 e. The van der Waals surface area contributed by atoms with Crippen LogP contribution in [0, 0.1) is 0 Å². The van der Waals surface area contributed by atoms with Gasteiger partial charge in [0.05, 0.1) is 11.2 Å². The summed E-state index contributed by atoms with van der Waals surface area (Å²) in [6, 6.07) is 18.8. The summed E-state index contributed by atoms with van der Waals surface area (Å²) in [5.41, 5.74) is 3.35. The summed E-state index contributed by atoms with van der Waals surface area (Å²) < 4.78 is 5.55. The Labute approximate surface area is 161 Å². The van der Waals surface area contributed by atoms with Crippen molar-refractivity contribution in [2.24, 2.45) is 5.10 Å². The predicted molar refractivity (Wildman–Crippen MR) is 106 cm³/mol. The van der Waals surface area contributed by atoms with Crippen LogP contribution >= 0.6 is 23.2 Å². The summed E-state index contributed by atoms with van der Waals surface area (Å²) in [5, 5.41) is 7.09. The summed E-state index contributed by atoms with van der Waals surface area (Å²) in [6.45, 7) is 1.62. The number of nitrogens with one attached hydrogen (secondary N) is 1. The number of benzene rings is 3. The minimum atomic E-state index is -0.762. The molecule has 26 heavy (non-hydrogen) atoms. The van der Waals surface area contributed by atoms with Gasteiger partial charge in [-0.15, -0.1) is 0 Å². The number of ether oxygens (including phenoxy) is 1. The van der Waals surface area contributed by atoms with Gasteiger partial charge in [-0.2, -0.15) is 5.10 Å². The fraction of sp³-hybridized carbons (Fsp3) is 0.100. The first-order chi connectivity index (χ1) is 12.5. The van der Waals surface area contributed by atoms with Gasteiger partial charge in [0.25, 0.3) is 5.91 Å². The van der Waals surface area contributed by atoms with Crippen molar-refractivity contribution in [2.45, 2.75) is 13.0 Å². The van der Waals surface area contributed by atoms with Crippen LogP contribution in [0.4, 0.5) is 0 Å². The minimum Gasteiger partial charge on any atom is -0.479 e. The maximum absolute atomic E-state index is 12.1. The number of carbonyl (C=O) groups is 1. The molecule has 0 radical (unpaired) electrons. The number of fused-ring (bicyclic) bond motifs is 1. The van der Waals surface area contributed by atoms with Crippen LogP contribution in [0.25, 0.3) is 10.8 Å². The van der Waals surface area contributed by atoms with Gasteiger partial charge in [-0.3, -0.25) is 4.79 Å². The van der Waals surface area contributed by atoms with E-state index in [-0.39, 0.29) is 5.91 Å². The minimum absolute atomic E-state index is 0.344. The smallest absolute Gasteiger partial charge is 0.280 e. The van der Waals surface area contributed by atoms with Crippen LogP contribution < -0.4 is 10.2 Å². The molecule has 0 bridgehead atoms. The van der Waals surface area contributed by atoms with Gasteiger partial charge in [0, 0.05) is 5.02 Å². The van der Waals surface area contributed by atoms with Crippen molar-refractivity contribution in [3.8, 4) is 5.75 Å². The van der Waals surface area contributed by atoms with E-state index in [1.165, 1.54) is 0 Å². The van der Waals surface area contributed by atoms with E-state index in [9.17, 15) is 4.79 Å². The Kier molecular flexibility index (Phi) is 5.76. The summed E-state index contributed by atoms with van der Waals surface area (Å²) in [6.07, 6.45) is 0.828. The topological polar surface area (TPSA) is 50.7 Å². The monoisotopic (exact) mass is 386 g/mol. The molecule has 3 rings (SSSR count). The molecule has 1 amide bonds. The van der Waals surface area contributed by atoms with Crippen LogP contribution in [-0.2, 0) is 4.79 Å². The van der Waals surface area contributed by atoms with Crippen molar-refractivity contribution in [1.29, 1.82) is 0 Å². The first kappa shape index (κ1) is 18.2. The van der Waals surface area contributed by atoms with E-state index in [0.29, 0.717) is 15.8 Å². The Bertz CT molecular complexity index is 973. The van der Waals surface area contributed by atoms with Crippen LogP contribution in [0.15, 0.2) is 65.8 Å². The van der Waals surface area contributed by atoms with Gasteiger partial charge in [-0.05, 0) is 47.5 Å². The molecule has 3 aromatic carbocycles. The first-order valence-corrected chi connectivity index (χ1v) is 8.72. The number of rotatable bonds is 5. The Morgan fingerprint density at radius 3 is 2.62 bits per heavy atom. The van der Waals surface area contributed by atoms with Gasteiger partial charge >= 0.3 is 0 Å². The molecule has 0 aliphatic rings. The summed E-state index contributed by atoms with van der Waals surface area (Å²) in [7, 11) is 0. The highest BCUT2D eigenvalue weighted by Crippen LogP contribution is 2.28. The lowest BCUT2D eigenvalue weighted by Gasteiger charge is -2.14. The number of hydrazone groups is 1. The third-order valence-electron chi connectivity index (χ3n) is 3.73. The quantitative estimate of drug-likeness (QED) is 0.491. The molecule has 0 saturated heterocycles. The molecule has 0 aliphatic heterocycles. The lowest BCUT2D eigenvalue weighted by atomic mass is 10.1. The number of halogens is 2. The number of hydrogen-bond donors (Lipinski definition) is 1. The largest absolute Gasteiger partial charge is 0.479 e. The van der Waals surface area contributed by atoms with E-state index in [0.717, 1.165) is 16.3 Å². The van der Waals surface area contributed by atoms with E-state index >= 15 is 0 Å². The van der Waals surface area contributed by atoms with Crippen molar-refractivity contribution >= 4 is 46.1 Å². The lowest BCUT2D eigenvalue weighted by Crippen LogP contribution is -2.33. The van der Waals surface area contributed by atoms with Gasteiger partial charge in [0.2, 0.25) is 0 Å². The molecule has 1 atom stereocenters. The zero-order valence-electron chi connectivity index (χ0n) is 13.9. The molecular formula is C20H16Cl2N2O2. The lowest BCUT2D eigenvalue weighted by molar-refractivity contribution is -0.127. The fourth-order valence-electron chi connectivity index (χ4n) is 2.36. The SMILES string of the molecule is CC(Oc1ccc(Cl)cc1Cl)C(=O)N/N=C/c1ccc2ccccc2c1. The molecule has 0 fully saturated rings. The molecular weight excluding hydrogens is 371 g/mol. The molecule has 0 heterocycles. The number of carbonyl (C=O) groups excluding carboxylic acids is 1. The average molecular weight is 387 g/mol. The molecule has 3 aromatic rings. The highest BCUT2D eigenvalue weighted by Gasteiger charge is 2.15. The van der Waals surface area contributed by atoms with E-state index in [2.05, 4.69) is 10.5 Å². The molecule has 0 spiro atoms. The molecule has 4 nitrogen and oxygen atoms in total. The Hall–Kier alpha value is -2.56. The highest BCUT2D eigenvalue weighted by atomic mass is 35.5. The van der Waals surface area contributed by atoms with E-state index < -0.39 is 6.10 Å². The van der Waals surface area contributed by atoms with Crippen molar-refractivity contribution in [2.75, 3.05) is 0 Å². The summed E-state index contributed by atoms with van der Waals surface area (Å²) >= 11 is 11.9. The van der Waals surface area contributed by atoms with Gasteiger partial charge in [-0.1, -0.05) is 59.6 Å². The second-order valence-electron chi connectivity index (χ2n) is 5.68. The van der Waals surface area contributed by atoms with Crippen LogP contribution in [0.2, 0.25) is 10.0 Å². The Morgan fingerprint density at radius 1 is 1.08 bits per heavy atom. The van der Waals surface area contributed by atoms with Crippen LogP contribution in [0.3, 0.4) is 0 Å². The van der Waals surface area contributed by atoms with Gasteiger partial charge in [0.15, 0.2) is 6.10 Å². The predicted octanol–water partition coefficient (Wildman–Crippen LogP) is 5.06. The van der Waals surface area contributed by atoms with Gasteiger partial charge in [-0.25, -0.2) is 5.43 Å². The van der Waals surface area contributed by atoms with Crippen LogP contribution in [-0.4, -0.2) is 18.2 Å². The molecule has 0 aliphatic carbocycles. The third kappa shape index (κ3) is 4.54. The zero-order valence-corrected chi connectivity index (χ0v) is 15.5. The molecule has 6 heteroatoms. The second kappa shape index (κ2) is 8.21. The van der Waals surface area contributed by atoms with Crippen molar-refractivity contribution in [3.63, 3.8) is 0 Å². The highest BCUT2D eigenvalue weighted by molar-refractivity contribution is 6.35. The summed E-state index contributed by atoms with van der Waals surface area (Å²) in [5.74, 6) is 0.00489. The number of amides is 1.